The summed E-state index contributed by atoms with van der Waals surface area (Å²) >= 11 is 0. The van der Waals surface area contributed by atoms with Crippen LogP contribution in [0, 0.1) is 0 Å². The lowest BCUT2D eigenvalue weighted by molar-refractivity contribution is 0.367. The molecule has 0 amide bonds. The summed E-state index contributed by atoms with van der Waals surface area (Å²) < 4.78 is 0. The van der Waals surface area contributed by atoms with Gasteiger partial charge in [-0.25, -0.2) is 0 Å². The van der Waals surface area contributed by atoms with E-state index in [0.29, 0.717) is 5.92 Å². The van der Waals surface area contributed by atoms with Gasteiger partial charge in [0.05, 0.1) is 0 Å². The summed E-state index contributed by atoms with van der Waals surface area (Å²) in [7, 11) is 0. The van der Waals surface area contributed by atoms with Gasteiger partial charge in [-0.2, -0.15) is 0 Å². The van der Waals surface area contributed by atoms with E-state index in [-0.39, 0.29) is 0 Å². The van der Waals surface area contributed by atoms with Crippen molar-refractivity contribution in [2.45, 2.75) is 51.0 Å². The lowest BCUT2D eigenvalue weighted by Crippen LogP contribution is -2.33. The van der Waals surface area contributed by atoms with E-state index in [1.165, 1.54) is 37.8 Å². The molecule has 0 spiro atoms. The molecule has 1 aromatic heterocycles. The standard InChI is InChI=1S/C14H22N2/c1-12(14-9-5-6-10-15-14)11-16-13-7-3-2-4-8-13/h5-6,9-10,12-13,16H,2-4,7-8,11H2,1H3. The second-order valence-electron chi connectivity index (χ2n) is 4.90. The first-order valence-electron chi connectivity index (χ1n) is 6.50. The molecule has 1 aromatic rings. The molecule has 0 radical (unpaired) electrons. The molecule has 1 fully saturated rings. The molecule has 1 unspecified atom stereocenters. The third-order valence-corrected chi connectivity index (χ3v) is 3.51. The second-order valence-corrected chi connectivity index (χ2v) is 4.90. The molecule has 0 bridgehead atoms. The lowest BCUT2D eigenvalue weighted by Gasteiger charge is -2.24. The SMILES string of the molecule is CC(CNC1CCCCC1)c1ccccn1. The topological polar surface area (TPSA) is 24.9 Å². The smallest absolute Gasteiger partial charge is 0.0444 e. The van der Waals surface area contributed by atoms with E-state index in [1.54, 1.807) is 0 Å². The van der Waals surface area contributed by atoms with Crippen molar-refractivity contribution >= 4 is 0 Å². The van der Waals surface area contributed by atoms with Crippen LogP contribution in [0.15, 0.2) is 24.4 Å². The van der Waals surface area contributed by atoms with Crippen molar-refractivity contribution in [3.63, 3.8) is 0 Å². The molecule has 2 heteroatoms. The molecule has 0 aromatic carbocycles. The highest BCUT2D eigenvalue weighted by atomic mass is 14.9. The Balaban J connectivity index is 1.77. The minimum atomic E-state index is 0.517. The molecule has 1 N–H and O–H groups in total. The largest absolute Gasteiger partial charge is 0.313 e. The summed E-state index contributed by atoms with van der Waals surface area (Å²) in [4.78, 5) is 4.40. The van der Waals surface area contributed by atoms with Crippen LogP contribution in [0.2, 0.25) is 0 Å². The Morgan fingerprint density at radius 2 is 2.12 bits per heavy atom. The molecule has 1 atom stereocenters. The Labute approximate surface area is 98.5 Å². The minimum Gasteiger partial charge on any atom is -0.313 e. The Morgan fingerprint density at radius 1 is 1.31 bits per heavy atom. The zero-order valence-corrected chi connectivity index (χ0v) is 10.2. The number of hydrogen-bond acceptors (Lipinski definition) is 2. The van der Waals surface area contributed by atoms with Gasteiger partial charge in [-0.3, -0.25) is 4.98 Å². The van der Waals surface area contributed by atoms with Gasteiger partial charge < -0.3 is 5.32 Å². The van der Waals surface area contributed by atoms with Crippen LogP contribution in [-0.4, -0.2) is 17.6 Å². The molecule has 1 aliphatic rings. The number of hydrogen-bond donors (Lipinski definition) is 1. The van der Waals surface area contributed by atoms with Gasteiger partial charge in [0.25, 0.3) is 0 Å². The fourth-order valence-electron chi connectivity index (χ4n) is 2.42. The van der Waals surface area contributed by atoms with Crippen molar-refractivity contribution in [2.75, 3.05) is 6.54 Å². The van der Waals surface area contributed by atoms with Crippen LogP contribution in [0.3, 0.4) is 0 Å². The van der Waals surface area contributed by atoms with Gasteiger partial charge in [-0.05, 0) is 25.0 Å². The Hall–Kier alpha value is -0.890. The van der Waals surface area contributed by atoms with Crippen molar-refractivity contribution in [3.8, 4) is 0 Å². The summed E-state index contributed by atoms with van der Waals surface area (Å²) in [6, 6.07) is 6.91. The molecule has 1 heterocycles. The van der Waals surface area contributed by atoms with Gasteiger partial charge in [0, 0.05) is 30.4 Å². The van der Waals surface area contributed by atoms with Crippen molar-refractivity contribution in [2.24, 2.45) is 0 Å². The molecule has 0 saturated heterocycles. The number of pyridine rings is 1. The summed E-state index contributed by atoms with van der Waals surface area (Å²) in [5.41, 5.74) is 1.20. The van der Waals surface area contributed by atoms with E-state index >= 15 is 0 Å². The molecule has 16 heavy (non-hydrogen) atoms. The van der Waals surface area contributed by atoms with E-state index in [2.05, 4.69) is 29.4 Å². The van der Waals surface area contributed by atoms with E-state index in [9.17, 15) is 0 Å². The maximum Gasteiger partial charge on any atom is 0.0444 e. The zero-order valence-electron chi connectivity index (χ0n) is 10.2. The normalized spacial score (nSPS) is 19.6. The van der Waals surface area contributed by atoms with Gasteiger partial charge >= 0.3 is 0 Å². The van der Waals surface area contributed by atoms with Crippen LogP contribution >= 0.6 is 0 Å². The molecule has 0 aliphatic heterocycles. The van der Waals surface area contributed by atoms with Gasteiger partial charge in [-0.1, -0.05) is 32.3 Å². The molecule has 1 aliphatic carbocycles. The fraction of sp³-hybridized carbons (Fsp3) is 0.643. The predicted octanol–water partition coefficient (Wildman–Crippen LogP) is 3.11. The summed E-state index contributed by atoms with van der Waals surface area (Å²) in [5.74, 6) is 0.517. The van der Waals surface area contributed by atoms with Gasteiger partial charge in [0.15, 0.2) is 0 Å². The van der Waals surface area contributed by atoms with Crippen molar-refractivity contribution in [3.05, 3.63) is 30.1 Å². The minimum absolute atomic E-state index is 0.517. The van der Waals surface area contributed by atoms with Crippen LogP contribution in [0.25, 0.3) is 0 Å². The highest BCUT2D eigenvalue weighted by Gasteiger charge is 2.14. The van der Waals surface area contributed by atoms with Crippen LogP contribution in [0.1, 0.15) is 50.6 Å². The zero-order chi connectivity index (χ0) is 11.2. The Morgan fingerprint density at radius 3 is 2.81 bits per heavy atom. The number of nitrogens with zero attached hydrogens (tertiary/aromatic N) is 1. The summed E-state index contributed by atoms with van der Waals surface area (Å²) in [5, 5.41) is 3.68. The maximum absolute atomic E-state index is 4.40. The predicted molar refractivity (Wildman–Crippen MR) is 67.5 cm³/mol. The Kier molecular flexibility index (Phi) is 4.34. The van der Waals surface area contributed by atoms with E-state index in [1.807, 2.05) is 12.3 Å². The third kappa shape index (κ3) is 3.31. The van der Waals surface area contributed by atoms with Gasteiger partial charge in [-0.15, -0.1) is 0 Å². The molecule has 88 valence electrons. The van der Waals surface area contributed by atoms with Crippen LogP contribution in [0.5, 0.6) is 0 Å². The van der Waals surface area contributed by atoms with Crippen LogP contribution in [-0.2, 0) is 0 Å². The maximum atomic E-state index is 4.40. The highest BCUT2D eigenvalue weighted by molar-refractivity contribution is 5.08. The van der Waals surface area contributed by atoms with Crippen molar-refractivity contribution in [1.82, 2.24) is 10.3 Å². The van der Waals surface area contributed by atoms with Gasteiger partial charge in [0.1, 0.15) is 0 Å². The Bertz CT molecular complexity index is 291. The van der Waals surface area contributed by atoms with Gasteiger partial charge in [0.2, 0.25) is 0 Å². The lowest BCUT2D eigenvalue weighted by atomic mass is 9.95. The first kappa shape index (κ1) is 11.6. The molecular formula is C14H22N2. The average Bonchev–Trinajstić information content (AvgIpc) is 2.38. The van der Waals surface area contributed by atoms with Crippen molar-refractivity contribution < 1.29 is 0 Å². The summed E-state index contributed by atoms with van der Waals surface area (Å²) in [6.07, 6.45) is 8.82. The fourth-order valence-corrected chi connectivity index (χ4v) is 2.42. The molecular weight excluding hydrogens is 196 g/mol. The van der Waals surface area contributed by atoms with E-state index < -0.39 is 0 Å². The number of rotatable bonds is 4. The monoisotopic (exact) mass is 218 g/mol. The van der Waals surface area contributed by atoms with Crippen LogP contribution in [0.4, 0.5) is 0 Å². The average molecular weight is 218 g/mol. The molecule has 1 saturated carbocycles. The third-order valence-electron chi connectivity index (χ3n) is 3.51. The summed E-state index contributed by atoms with van der Waals surface area (Å²) in [6.45, 7) is 3.31. The number of aromatic nitrogens is 1. The second kappa shape index (κ2) is 6.00. The highest BCUT2D eigenvalue weighted by Crippen LogP contribution is 2.18. The van der Waals surface area contributed by atoms with E-state index in [0.717, 1.165) is 12.6 Å². The first-order chi connectivity index (χ1) is 7.86. The number of nitrogens with one attached hydrogen (secondary N) is 1. The molecule has 2 nitrogen and oxygen atoms in total. The first-order valence-corrected chi connectivity index (χ1v) is 6.50. The van der Waals surface area contributed by atoms with E-state index in [4.69, 9.17) is 0 Å². The van der Waals surface area contributed by atoms with Crippen LogP contribution < -0.4 is 5.32 Å². The molecule has 2 rings (SSSR count). The van der Waals surface area contributed by atoms with Crippen molar-refractivity contribution in [1.29, 1.82) is 0 Å². The quantitative estimate of drug-likeness (QED) is 0.840.